The maximum Gasteiger partial charge on any atom is 0.252 e. The molecule has 1 saturated carbocycles. The molecule has 126 valence electrons. The van der Waals surface area contributed by atoms with Gasteiger partial charge >= 0.3 is 0 Å². The maximum absolute atomic E-state index is 11.9. The number of rotatable bonds is 6. The second-order valence-corrected chi connectivity index (χ2v) is 5.74. The molecule has 6 heteroatoms. The molecule has 6 nitrogen and oxygen atoms in total. The fraction of sp³-hybridized carbons (Fsp3) is 0.588. The SMILES string of the molecule is CCNC(=NCCNC(=O)c1cccnc1)NC1CCCCC1. The van der Waals surface area contributed by atoms with Crippen LogP contribution in [0.1, 0.15) is 49.4 Å². The zero-order valence-corrected chi connectivity index (χ0v) is 13.8. The number of nitrogens with one attached hydrogen (secondary N) is 3. The van der Waals surface area contributed by atoms with Crippen LogP contribution >= 0.6 is 0 Å². The lowest BCUT2D eigenvalue weighted by Gasteiger charge is -2.24. The lowest BCUT2D eigenvalue weighted by atomic mass is 9.96. The number of hydrogen-bond donors (Lipinski definition) is 3. The molecule has 1 aromatic rings. The highest BCUT2D eigenvalue weighted by atomic mass is 16.1. The summed E-state index contributed by atoms with van der Waals surface area (Å²) < 4.78 is 0. The number of hydrogen-bond acceptors (Lipinski definition) is 3. The minimum absolute atomic E-state index is 0.112. The Balaban J connectivity index is 1.75. The van der Waals surface area contributed by atoms with E-state index in [0.717, 1.165) is 12.5 Å². The Labute approximate surface area is 138 Å². The first-order valence-corrected chi connectivity index (χ1v) is 8.52. The average Bonchev–Trinajstić information content (AvgIpc) is 2.60. The van der Waals surface area contributed by atoms with E-state index in [1.165, 1.54) is 32.1 Å². The Morgan fingerprint density at radius 2 is 2.13 bits per heavy atom. The molecule has 0 aliphatic heterocycles. The molecule has 1 heterocycles. The van der Waals surface area contributed by atoms with Crippen molar-refractivity contribution in [2.45, 2.75) is 45.1 Å². The third-order valence-electron chi connectivity index (χ3n) is 3.88. The first-order chi connectivity index (χ1) is 11.3. The number of carbonyl (C=O) groups excluding carboxylic acids is 1. The van der Waals surface area contributed by atoms with E-state index in [0.29, 0.717) is 24.7 Å². The second kappa shape index (κ2) is 9.82. The van der Waals surface area contributed by atoms with Gasteiger partial charge in [-0.05, 0) is 31.9 Å². The van der Waals surface area contributed by atoms with Crippen LogP contribution < -0.4 is 16.0 Å². The molecule has 1 aliphatic carbocycles. The molecule has 1 amide bonds. The van der Waals surface area contributed by atoms with Gasteiger partial charge < -0.3 is 16.0 Å². The van der Waals surface area contributed by atoms with E-state index >= 15 is 0 Å². The summed E-state index contributed by atoms with van der Waals surface area (Å²) >= 11 is 0. The third-order valence-corrected chi connectivity index (χ3v) is 3.88. The van der Waals surface area contributed by atoms with Crippen LogP contribution in [-0.4, -0.2) is 42.5 Å². The summed E-state index contributed by atoms with van der Waals surface area (Å²) in [7, 11) is 0. The van der Waals surface area contributed by atoms with Crippen LogP contribution in [0.3, 0.4) is 0 Å². The zero-order chi connectivity index (χ0) is 16.3. The Morgan fingerprint density at radius 3 is 2.83 bits per heavy atom. The van der Waals surface area contributed by atoms with E-state index in [1.807, 2.05) is 0 Å². The van der Waals surface area contributed by atoms with Gasteiger partial charge in [-0.15, -0.1) is 0 Å². The standard InChI is InChI=1S/C17H27N5O/c1-2-19-17(22-15-8-4-3-5-9-15)21-12-11-20-16(23)14-7-6-10-18-13-14/h6-7,10,13,15H,2-5,8-9,11-12H2,1H3,(H,20,23)(H2,19,21,22). The fourth-order valence-electron chi connectivity index (χ4n) is 2.70. The van der Waals surface area contributed by atoms with Crippen LogP contribution in [0.5, 0.6) is 0 Å². The van der Waals surface area contributed by atoms with Gasteiger partial charge in [-0.25, -0.2) is 0 Å². The van der Waals surface area contributed by atoms with Crippen molar-refractivity contribution < 1.29 is 4.79 Å². The van der Waals surface area contributed by atoms with Crippen molar-refractivity contribution in [3.63, 3.8) is 0 Å². The molecule has 3 N–H and O–H groups in total. The van der Waals surface area contributed by atoms with Gasteiger partial charge in [0, 0.05) is 31.5 Å². The van der Waals surface area contributed by atoms with Crippen molar-refractivity contribution in [2.24, 2.45) is 4.99 Å². The molecule has 1 aromatic heterocycles. The van der Waals surface area contributed by atoms with Crippen LogP contribution in [0.4, 0.5) is 0 Å². The molecule has 2 rings (SSSR count). The van der Waals surface area contributed by atoms with E-state index in [2.05, 4.69) is 32.9 Å². The van der Waals surface area contributed by atoms with Gasteiger partial charge in [0.05, 0.1) is 12.1 Å². The highest BCUT2D eigenvalue weighted by Gasteiger charge is 2.14. The normalized spacial score (nSPS) is 16.0. The van der Waals surface area contributed by atoms with Gasteiger partial charge in [0.15, 0.2) is 5.96 Å². The van der Waals surface area contributed by atoms with Crippen LogP contribution in [0.15, 0.2) is 29.5 Å². The maximum atomic E-state index is 11.9. The van der Waals surface area contributed by atoms with Crippen molar-refractivity contribution in [1.82, 2.24) is 20.9 Å². The predicted molar refractivity (Wildman–Crippen MR) is 92.6 cm³/mol. The van der Waals surface area contributed by atoms with E-state index in [9.17, 15) is 4.79 Å². The molecule has 0 saturated heterocycles. The Kier molecular flexibility index (Phi) is 7.36. The summed E-state index contributed by atoms with van der Waals surface area (Å²) in [5, 5.41) is 9.62. The molecule has 0 unspecified atom stereocenters. The van der Waals surface area contributed by atoms with E-state index < -0.39 is 0 Å². The molecule has 0 spiro atoms. The van der Waals surface area contributed by atoms with Crippen LogP contribution in [0, 0.1) is 0 Å². The molecular formula is C17H27N5O. The van der Waals surface area contributed by atoms with Crippen molar-refractivity contribution >= 4 is 11.9 Å². The summed E-state index contributed by atoms with van der Waals surface area (Å²) in [6.45, 7) is 3.95. The number of carbonyl (C=O) groups is 1. The predicted octanol–water partition coefficient (Wildman–Crippen LogP) is 1.70. The minimum Gasteiger partial charge on any atom is -0.357 e. The Hall–Kier alpha value is -2.11. The summed E-state index contributed by atoms with van der Waals surface area (Å²) in [4.78, 5) is 20.4. The Morgan fingerprint density at radius 1 is 1.30 bits per heavy atom. The smallest absolute Gasteiger partial charge is 0.252 e. The zero-order valence-electron chi connectivity index (χ0n) is 13.8. The van der Waals surface area contributed by atoms with Crippen molar-refractivity contribution in [1.29, 1.82) is 0 Å². The number of aromatic nitrogens is 1. The molecule has 1 fully saturated rings. The summed E-state index contributed by atoms with van der Waals surface area (Å²) in [5.41, 5.74) is 0.573. The van der Waals surface area contributed by atoms with E-state index in [1.54, 1.807) is 24.5 Å². The Bertz CT molecular complexity index is 497. The van der Waals surface area contributed by atoms with E-state index in [-0.39, 0.29) is 5.91 Å². The lowest BCUT2D eigenvalue weighted by molar-refractivity contribution is 0.0954. The van der Waals surface area contributed by atoms with Gasteiger partial charge in [0.2, 0.25) is 0 Å². The molecule has 0 bridgehead atoms. The highest BCUT2D eigenvalue weighted by molar-refractivity contribution is 5.93. The van der Waals surface area contributed by atoms with Crippen LogP contribution in [0.2, 0.25) is 0 Å². The van der Waals surface area contributed by atoms with Gasteiger partial charge in [0.25, 0.3) is 5.91 Å². The monoisotopic (exact) mass is 317 g/mol. The number of amides is 1. The summed E-state index contributed by atoms with van der Waals surface area (Å²) in [6, 6.07) is 4.02. The molecule has 0 atom stereocenters. The van der Waals surface area contributed by atoms with Crippen molar-refractivity contribution in [3.05, 3.63) is 30.1 Å². The molecule has 0 radical (unpaired) electrons. The van der Waals surface area contributed by atoms with Crippen molar-refractivity contribution in [2.75, 3.05) is 19.6 Å². The molecule has 1 aliphatic rings. The molecule has 23 heavy (non-hydrogen) atoms. The molecular weight excluding hydrogens is 290 g/mol. The highest BCUT2D eigenvalue weighted by Crippen LogP contribution is 2.17. The first kappa shape index (κ1) is 17.2. The third kappa shape index (κ3) is 6.26. The van der Waals surface area contributed by atoms with Gasteiger partial charge in [-0.2, -0.15) is 0 Å². The van der Waals surface area contributed by atoms with Gasteiger partial charge in [-0.3, -0.25) is 14.8 Å². The quantitative estimate of drug-likeness (QED) is 0.424. The topological polar surface area (TPSA) is 78.4 Å². The average molecular weight is 317 g/mol. The number of aliphatic imine (C=N–C) groups is 1. The fourth-order valence-corrected chi connectivity index (χ4v) is 2.70. The van der Waals surface area contributed by atoms with Crippen LogP contribution in [0.25, 0.3) is 0 Å². The second-order valence-electron chi connectivity index (χ2n) is 5.74. The van der Waals surface area contributed by atoms with Crippen molar-refractivity contribution in [3.8, 4) is 0 Å². The largest absolute Gasteiger partial charge is 0.357 e. The van der Waals surface area contributed by atoms with Gasteiger partial charge in [0.1, 0.15) is 0 Å². The molecule has 0 aromatic carbocycles. The van der Waals surface area contributed by atoms with Crippen LogP contribution in [-0.2, 0) is 0 Å². The number of pyridine rings is 1. The lowest BCUT2D eigenvalue weighted by Crippen LogP contribution is -2.44. The summed E-state index contributed by atoms with van der Waals surface area (Å²) in [5.74, 6) is 0.730. The number of guanidine groups is 1. The minimum atomic E-state index is -0.112. The van der Waals surface area contributed by atoms with E-state index in [4.69, 9.17) is 0 Å². The first-order valence-electron chi connectivity index (χ1n) is 8.52. The number of nitrogens with zero attached hydrogens (tertiary/aromatic N) is 2. The summed E-state index contributed by atoms with van der Waals surface area (Å²) in [6.07, 6.45) is 9.56. The van der Waals surface area contributed by atoms with Gasteiger partial charge in [-0.1, -0.05) is 19.3 Å².